The van der Waals surface area contributed by atoms with Crippen LogP contribution < -0.4 is 10.6 Å². The van der Waals surface area contributed by atoms with E-state index in [0.29, 0.717) is 4.88 Å². The van der Waals surface area contributed by atoms with Gasteiger partial charge in [-0.15, -0.1) is 0 Å². The maximum atomic E-state index is 12.8. The third kappa shape index (κ3) is 4.03. The smallest absolute Gasteiger partial charge is 0.263 e. The molecular weight excluding hydrogens is 354 g/mol. The molecule has 4 rings (SSSR count). The monoisotopic (exact) mass is 377 g/mol. The van der Waals surface area contributed by atoms with Crippen LogP contribution in [-0.2, 0) is 12.8 Å². The molecule has 1 amide bonds. The van der Waals surface area contributed by atoms with Crippen molar-refractivity contribution in [3.63, 3.8) is 0 Å². The fraction of sp³-hybridized carbons (Fsp3) is 0.273. The minimum atomic E-state index is -0.0252. The van der Waals surface area contributed by atoms with Gasteiger partial charge >= 0.3 is 0 Å². The van der Waals surface area contributed by atoms with Crippen LogP contribution in [0, 0.1) is 6.92 Å². The van der Waals surface area contributed by atoms with E-state index < -0.39 is 0 Å². The zero-order valence-electron chi connectivity index (χ0n) is 15.4. The number of carbonyl (C=O) groups is 1. The van der Waals surface area contributed by atoms with Crippen LogP contribution >= 0.6 is 11.3 Å². The average Bonchev–Trinajstić information content (AvgIpc) is 3.26. The minimum absolute atomic E-state index is 0.0252. The Balaban J connectivity index is 1.37. The Morgan fingerprint density at radius 2 is 1.93 bits per heavy atom. The number of aryl methyl sites for hydroxylation is 2. The molecule has 0 radical (unpaired) electrons. The fourth-order valence-corrected chi connectivity index (χ4v) is 4.47. The largest absolute Gasteiger partial charge is 0.361 e. The number of thiazole rings is 1. The van der Waals surface area contributed by atoms with Crippen LogP contribution in [0.3, 0.4) is 0 Å². The van der Waals surface area contributed by atoms with E-state index >= 15 is 0 Å². The molecule has 1 heterocycles. The molecule has 1 aromatic heterocycles. The number of nitrogens with zero attached hydrogens (tertiary/aromatic N) is 1. The molecule has 27 heavy (non-hydrogen) atoms. The van der Waals surface area contributed by atoms with E-state index in [1.54, 1.807) is 0 Å². The maximum absolute atomic E-state index is 12.8. The Morgan fingerprint density at radius 1 is 1.15 bits per heavy atom. The molecule has 0 fully saturated rings. The van der Waals surface area contributed by atoms with Crippen LogP contribution in [-0.4, -0.2) is 17.4 Å². The van der Waals surface area contributed by atoms with Gasteiger partial charge in [-0.3, -0.25) is 4.79 Å². The SMILES string of the molecule is Cc1nc(NCCc2ccccc2)sc1C(=O)N[C@H]1CCc2ccccc21. The highest BCUT2D eigenvalue weighted by Gasteiger charge is 2.25. The van der Waals surface area contributed by atoms with Gasteiger partial charge in [-0.1, -0.05) is 65.9 Å². The van der Waals surface area contributed by atoms with Gasteiger partial charge in [0.1, 0.15) is 4.88 Å². The summed E-state index contributed by atoms with van der Waals surface area (Å²) in [5.41, 5.74) is 4.66. The van der Waals surface area contributed by atoms with Crippen LogP contribution in [0.5, 0.6) is 0 Å². The van der Waals surface area contributed by atoms with Gasteiger partial charge in [0.05, 0.1) is 11.7 Å². The molecule has 1 aliphatic carbocycles. The highest BCUT2D eigenvalue weighted by molar-refractivity contribution is 7.17. The molecule has 0 saturated heterocycles. The van der Waals surface area contributed by atoms with Crippen molar-refractivity contribution < 1.29 is 4.79 Å². The topological polar surface area (TPSA) is 54.0 Å². The molecule has 3 aromatic rings. The van der Waals surface area contributed by atoms with Gasteiger partial charge in [-0.05, 0) is 42.9 Å². The van der Waals surface area contributed by atoms with Crippen molar-refractivity contribution in [3.05, 3.63) is 81.9 Å². The molecule has 1 aliphatic rings. The quantitative estimate of drug-likeness (QED) is 0.664. The Morgan fingerprint density at radius 3 is 2.78 bits per heavy atom. The average molecular weight is 378 g/mol. The molecule has 0 bridgehead atoms. The summed E-state index contributed by atoms with van der Waals surface area (Å²) in [5, 5.41) is 7.34. The number of hydrogen-bond donors (Lipinski definition) is 2. The number of aromatic nitrogens is 1. The molecule has 0 saturated carbocycles. The Bertz CT molecular complexity index is 936. The lowest BCUT2D eigenvalue weighted by Crippen LogP contribution is -2.26. The molecule has 0 spiro atoms. The number of rotatable bonds is 6. The van der Waals surface area contributed by atoms with E-state index in [1.165, 1.54) is 28.0 Å². The van der Waals surface area contributed by atoms with Crippen LogP contribution in [0.25, 0.3) is 0 Å². The first-order valence-corrected chi connectivity index (χ1v) is 10.2. The molecule has 2 aromatic carbocycles. The summed E-state index contributed by atoms with van der Waals surface area (Å²) in [4.78, 5) is 18.0. The summed E-state index contributed by atoms with van der Waals surface area (Å²) in [7, 11) is 0. The van der Waals surface area contributed by atoms with E-state index in [9.17, 15) is 4.79 Å². The minimum Gasteiger partial charge on any atom is -0.361 e. The first kappa shape index (κ1) is 17.7. The fourth-order valence-electron chi connectivity index (χ4n) is 3.57. The Labute approximate surface area is 163 Å². The number of carbonyl (C=O) groups excluding carboxylic acids is 1. The van der Waals surface area contributed by atoms with Gasteiger partial charge in [0.25, 0.3) is 5.91 Å². The van der Waals surface area contributed by atoms with Gasteiger partial charge in [0, 0.05) is 6.54 Å². The van der Waals surface area contributed by atoms with Gasteiger partial charge < -0.3 is 10.6 Å². The summed E-state index contributed by atoms with van der Waals surface area (Å²) in [6.45, 7) is 2.70. The number of anilines is 1. The molecule has 4 nitrogen and oxygen atoms in total. The van der Waals surface area contributed by atoms with Crippen molar-refractivity contribution in [2.75, 3.05) is 11.9 Å². The highest BCUT2D eigenvalue weighted by Crippen LogP contribution is 2.31. The van der Waals surface area contributed by atoms with Crippen LogP contribution in [0.4, 0.5) is 5.13 Å². The first-order valence-electron chi connectivity index (χ1n) is 9.34. The van der Waals surface area contributed by atoms with Gasteiger partial charge in [-0.25, -0.2) is 4.98 Å². The summed E-state index contributed by atoms with van der Waals surface area (Å²) >= 11 is 1.43. The van der Waals surface area contributed by atoms with Crippen LogP contribution in [0.2, 0.25) is 0 Å². The van der Waals surface area contributed by atoms with E-state index in [1.807, 2.05) is 31.2 Å². The molecule has 0 aliphatic heterocycles. The number of amides is 1. The van der Waals surface area contributed by atoms with E-state index in [4.69, 9.17) is 0 Å². The van der Waals surface area contributed by atoms with Crippen molar-refractivity contribution in [3.8, 4) is 0 Å². The van der Waals surface area contributed by atoms with Gasteiger partial charge in [0.15, 0.2) is 5.13 Å². The molecule has 5 heteroatoms. The molecule has 138 valence electrons. The van der Waals surface area contributed by atoms with Crippen molar-refractivity contribution in [1.82, 2.24) is 10.3 Å². The third-order valence-electron chi connectivity index (χ3n) is 4.97. The zero-order chi connectivity index (χ0) is 18.6. The maximum Gasteiger partial charge on any atom is 0.263 e. The van der Waals surface area contributed by atoms with Crippen molar-refractivity contribution in [1.29, 1.82) is 0 Å². The summed E-state index contributed by atoms with van der Waals surface area (Å²) < 4.78 is 0. The van der Waals surface area contributed by atoms with Crippen molar-refractivity contribution in [2.45, 2.75) is 32.2 Å². The number of nitrogens with one attached hydrogen (secondary N) is 2. The Kier molecular flexibility index (Phi) is 5.21. The lowest BCUT2D eigenvalue weighted by Gasteiger charge is -2.13. The normalized spacial score (nSPS) is 15.4. The van der Waals surface area contributed by atoms with Crippen LogP contribution in [0.15, 0.2) is 54.6 Å². The second kappa shape index (κ2) is 7.92. The highest BCUT2D eigenvalue weighted by atomic mass is 32.1. The molecule has 2 N–H and O–H groups in total. The third-order valence-corrected chi connectivity index (χ3v) is 6.09. The zero-order valence-corrected chi connectivity index (χ0v) is 16.2. The predicted molar refractivity (Wildman–Crippen MR) is 110 cm³/mol. The number of hydrogen-bond acceptors (Lipinski definition) is 4. The van der Waals surface area contributed by atoms with E-state index in [2.05, 4.69) is 45.9 Å². The lowest BCUT2D eigenvalue weighted by molar-refractivity contribution is 0.0940. The predicted octanol–water partition coefficient (Wildman–Crippen LogP) is 4.52. The summed E-state index contributed by atoms with van der Waals surface area (Å²) in [6.07, 6.45) is 2.92. The summed E-state index contributed by atoms with van der Waals surface area (Å²) in [6, 6.07) is 18.8. The Hall–Kier alpha value is -2.66. The number of benzene rings is 2. The van der Waals surface area contributed by atoms with E-state index in [0.717, 1.165) is 36.6 Å². The molecule has 0 unspecified atom stereocenters. The standard InChI is InChI=1S/C22H23N3OS/c1-15-20(21(26)25-19-12-11-17-9-5-6-10-18(17)19)27-22(24-15)23-14-13-16-7-3-2-4-8-16/h2-10,19H,11-14H2,1H3,(H,23,24)(H,25,26)/t19-/m0/s1. The van der Waals surface area contributed by atoms with E-state index in [-0.39, 0.29) is 11.9 Å². The summed E-state index contributed by atoms with van der Waals surface area (Å²) in [5.74, 6) is -0.0252. The van der Waals surface area contributed by atoms with Gasteiger partial charge in [-0.2, -0.15) is 0 Å². The van der Waals surface area contributed by atoms with Gasteiger partial charge in [0.2, 0.25) is 0 Å². The lowest BCUT2D eigenvalue weighted by atomic mass is 10.1. The second-order valence-electron chi connectivity index (χ2n) is 6.86. The van der Waals surface area contributed by atoms with Crippen molar-refractivity contribution >= 4 is 22.4 Å². The molecule has 1 atom stereocenters. The van der Waals surface area contributed by atoms with Crippen LogP contribution in [0.1, 0.15) is 44.5 Å². The van der Waals surface area contributed by atoms with Crippen molar-refractivity contribution in [2.24, 2.45) is 0 Å². The first-order chi connectivity index (χ1) is 13.2. The molecular formula is C22H23N3OS. The second-order valence-corrected chi connectivity index (χ2v) is 7.86. The number of fused-ring (bicyclic) bond motifs is 1.